The van der Waals surface area contributed by atoms with Crippen molar-refractivity contribution in [2.45, 2.75) is 40.3 Å². The van der Waals surface area contributed by atoms with Crippen LogP contribution in [0.2, 0.25) is 0 Å². The molecule has 1 saturated heterocycles. The average molecular weight is 460 g/mol. The van der Waals surface area contributed by atoms with E-state index in [0.717, 1.165) is 67.2 Å². The molecule has 1 aliphatic heterocycles. The van der Waals surface area contributed by atoms with Crippen molar-refractivity contribution in [3.05, 3.63) is 81.6 Å². The molecule has 34 heavy (non-hydrogen) atoms. The van der Waals surface area contributed by atoms with E-state index < -0.39 is 0 Å². The number of piperazine rings is 1. The number of nitrogens with two attached hydrogens (primary N) is 1. The summed E-state index contributed by atoms with van der Waals surface area (Å²) >= 11 is 0. The molecule has 0 radical (unpaired) electrons. The quantitative estimate of drug-likeness (QED) is 0.556. The summed E-state index contributed by atoms with van der Waals surface area (Å²) < 4.78 is 1.67. The zero-order chi connectivity index (χ0) is 24.1. The van der Waals surface area contributed by atoms with Crippen LogP contribution in [-0.2, 0) is 19.5 Å². The molecular weight excluding hydrogens is 422 g/mol. The lowest BCUT2D eigenvalue weighted by Crippen LogP contribution is -2.49. The fourth-order valence-corrected chi connectivity index (χ4v) is 4.68. The zero-order valence-electron chi connectivity index (χ0n) is 20.7. The lowest BCUT2D eigenvalue weighted by atomic mass is 10.0. The maximum atomic E-state index is 13.5. The van der Waals surface area contributed by atoms with E-state index in [4.69, 9.17) is 10.8 Å². The summed E-state index contributed by atoms with van der Waals surface area (Å²) in [5, 5.41) is 4.81. The molecule has 2 N–H and O–H groups in total. The molecular formula is C28H37N5O. The van der Waals surface area contributed by atoms with E-state index in [1.54, 1.807) is 4.68 Å². The average Bonchev–Trinajstić information content (AvgIpc) is 2.86. The minimum atomic E-state index is 0.0197. The second-order valence-electron chi connectivity index (χ2n) is 9.67. The smallest absolute Gasteiger partial charge is 0.290 e. The Bertz CT molecular complexity index is 1130. The highest BCUT2D eigenvalue weighted by Gasteiger charge is 2.24. The first-order chi connectivity index (χ1) is 16.5. The molecule has 4 rings (SSSR count). The predicted molar refractivity (Wildman–Crippen MR) is 140 cm³/mol. The summed E-state index contributed by atoms with van der Waals surface area (Å²) in [6.45, 7) is 12.1. The van der Waals surface area contributed by atoms with Crippen LogP contribution >= 0.6 is 0 Å². The van der Waals surface area contributed by atoms with Crippen molar-refractivity contribution in [2.75, 3.05) is 37.6 Å². The van der Waals surface area contributed by atoms with Crippen molar-refractivity contribution in [3.63, 3.8) is 0 Å². The highest BCUT2D eigenvalue weighted by molar-refractivity contribution is 5.70. The van der Waals surface area contributed by atoms with Gasteiger partial charge in [0.2, 0.25) is 0 Å². The van der Waals surface area contributed by atoms with Gasteiger partial charge in [-0.15, -0.1) is 0 Å². The number of benzene rings is 2. The molecule has 0 aliphatic carbocycles. The molecule has 0 unspecified atom stereocenters. The van der Waals surface area contributed by atoms with Crippen LogP contribution in [0.5, 0.6) is 0 Å². The van der Waals surface area contributed by atoms with Crippen LogP contribution in [0.3, 0.4) is 0 Å². The van der Waals surface area contributed by atoms with E-state index in [1.165, 1.54) is 5.56 Å². The molecule has 1 fully saturated rings. The van der Waals surface area contributed by atoms with E-state index in [9.17, 15) is 4.79 Å². The summed E-state index contributed by atoms with van der Waals surface area (Å²) in [6.07, 6.45) is 1.05. The van der Waals surface area contributed by atoms with E-state index in [2.05, 4.69) is 66.1 Å². The Kier molecular flexibility index (Phi) is 7.80. The third kappa shape index (κ3) is 5.57. The summed E-state index contributed by atoms with van der Waals surface area (Å²) in [6, 6.07) is 18.8. The predicted octanol–water partition coefficient (Wildman–Crippen LogP) is 3.70. The molecule has 0 atom stereocenters. The summed E-state index contributed by atoms with van der Waals surface area (Å²) in [5.74, 6) is 0.336. The maximum absolute atomic E-state index is 13.5. The normalized spacial score (nSPS) is 14.7. The number of hydrogen-bond donors (Lipinski definition) is 1. The molecule has 0 saturated carbocycles. The molecule has 0 spiro atoms. The number of nitrogens with zero attached hydrogens (tertiary/aromatic N) is 4. The van der Waals surface area contributed by atoms with Gasteiger partial charge in [0.1, 0.15) is 5.69 Å². The highest BCUT2D eigenvalue weighted by Crippen LogP contribution is 2.27. The lowest BCUT2D eigenvalue weighted by molar-refractivity contribution is 0.260. The molecule has 6 heteroatoms. The maximum Gasteiger partial charge on any atom is 0.290 e. The van der Waals surface area contributed by atoms with E-state index >= 15 is 0 Å². The summed E-state index contributed by atoms with van der Waals surface area (Å²) in [4.78, 5) is 18.3. The van der Waals surface area contributed by atoms with Crippen molar-refractivity contribution in [1.29, 1.82) is 0 Å². The molecule has 3 aromatic rings. The Morgan fingerprint density at radius 1 is 0.941 bits per heavy atom. The fourth-order valence-electron chi connectivity index (χ4n) is 4.68. The second-order valence-corrected chi connectivity index (χ2v) is 9.67. The topological polar surface area (TPSA) is 67.4 Å². The van der Waals surface area contributed by atoms with Crippen molar-refractivity contribution in [2.24, 2.45) is 11.7 Å². The molecule has 1 aromatic heterocycles. The molecule has 1 aliphatic rings. The van der Waals surface area contributed by atoms with Gasteiger partial charge in [0, 0.05) is 56.9 Å². The molecule has 180 valence electrons. The Morgan fingerprint density at radius 2 is 1.62 bits per heavy atom. The summed E-state index contributed by atoms with van der Waals surface area (Å²) in [7, 11) is 0. The molecule has 2 heterocycles. The van der Waals surface area contributed by atoms with Gasteiger partial charge >= 0.3 is 0 Å². The minimum absolute atomic E-state index is 0.0197. The van der Waals surface area contributed by atoms with Crippen molar-refractivity contribution in [1.82, 2.24) is 14.7 Å². The largest absolute Gasteiger partial charge is 0.364 e. The molecule has 0 amide bonds. The van der Waals surface area contributed by atoms with Crippen molar-refractivity contribution in [3.8, 4) is 11.3 Å². The number of anilines is 1. The first kappa shape index (κ1) is 24.2. The third-order valence-corrected chi connectivity index (χ3v) is 6.62. The van der Waals surface area contributed by atoms with Crippen LogP contribution in [0.25, 0.3) is 11.3 Å². The van der Waals surface area contributed by atoms with Gasteiger partial charge in [-0.3, -0.25) is 9.69 Å². The van der Waals surface area contributed by atoms with Crippen molar-refractivity contribution < 1.29 is 0 Å². The summed E-state index contributed by atoms with van der Waals surface area (Å²) in [5.41, 5.74) is 11.9. The minimum Gasteiger partial charge on any atom is -0.364 e. The zero-order valence-corrected chi connectivity index (χ0v) is 20.7. The van der Waals surface area contributed by atoms with Gasteiger partial charge in [0.15, 0.2) is 0 Å². The van der Waals surface area contributed by atoms with E-state index in [0.29, 0.717) is 19.0 Å². The Labute approximate surface area is 203 Å². The van der Waals surface area contributed by atoms with E-state index in [1.807, 2.05) is 19.1 Å². The van der Waals surface area contributed by atoms with Crippen LogP contribution in [0, 0.1) is 12.8 Å². The third-order valence-electron chi connectivity index (χ3n) is 6.62. The van der Waals surface area contributed by atoms with Crippen LogP contribution in [0.4, 0.5) is 5.69 Å². The Hall–Kier alpha value is -2.96. The van der Waals surface area contributed by atoms with Gasteiger partial charge in [-0.05, 0) is 30.4 Å². The lowest BCUT2D eigenvalue weighted by Gasteiger charge is -2.36. The Balaban J connectivity index is 1.57. The Morgan fingerprint density at radius 3 is 2.24 bits per heavy atom. The van der Waals surface area contributed by atoms with Crippen LogP contribution in [0.1, 0.15) is 30.5 Å². The van der Waals surface area contributed by atoms with Gasteiger partial charge in [-0.2, -0.15) is 5.10 Å². The van der Waals surface area contributed by atoms with Crippen LogP contribution in [-0.4, -0.2) is 47.4 Å². The number of hydrogen-bond acceptors (Lipinski definition) is 5. The first-order valence-corrected chi connectivity index (χ1v) is 12.4. The van der Waals surface area contributed by atoms with Gasteiger partial charge < -0.3 is 10.6 Å². The monoisotopic (exact) mass is 459 g/mol. The van der Waals surface area contributed by atoms with Gasteiger partial charge in [-0.1, -0.05) is 68.4 Å². The standard InChI is InChI=1S/C28H37N5O/c1-21(2)20-33-28(34)27(22(3)26(30-33)25-11-9-24(19-29)10-12-25)32-17-15-31(16-18-32)14-13-23-7-5-4-6-8-23/h4-12,21H,13-20,29H2,1-3H3. The number of aromatic nitrogens is 2. The highest BCUT2D eigenvalue weighted by atomic mass is 16.1. The fraction of sp³-hybridized carbons (Fsp3) is 0.429. The van der Waals surface area contributed by atoms with Crippen LogP contribution in [0.15, 0.2) is 59.4 Å². The van der Waals surface area contributed by atoms with Crippen LogP contribution < -0.4 is 16.2 Å². The SMILES string of the molecule is Cc1c(-c2ccc(CN)cc2)nn(CC(C)C)c(=O)c1N1CCN(CCc2ccccc2)CC1. The first-order valence-electron chi connectivity index (χ1n) is 12.4. The van der Waals surface area contributed by atoms with E-state index in [-0.39, 0.29) is 5.56 Å². The molecule has 2 aromatic carbocycles. The van der Waals surface area contributed by atoms with Gasteiger partial charge in [-0.25, -0.2) is 4.68 Å². The molecule has 0 bridgehead atoms. The molecule has 6 nitrogen and oxygen atoms in total. The second kappa shape index (κ2) is 11.0. The van der Waals surface area contributed by atoms with Crippen molar-refractivity contribution >= 4 is 5.69 Å². The van der Waals surface area contributed by atoms with Gasteiger partial charge in [0.05, 0.1) is 5.69 Å². The van der Waals surface area contributed by atoms with Gasteiger partial charge in [0.25, 0.3) is 5.56 Å². The number of rotatable bonds is 8.